The Balaban J connectivity index is 4.89. The van der Waals surface area contributed by atoms with E-state index in [0.29, 0.717) is 0 Å². The zero-order valence-corrected chi connectivity index (χ0v) is 14.6. The lowest BCUT2D eigenvalue weighted by Crippen LogP contribution is -2.57. The van der Waals surface area contributed by atoms with Crippen LogP contribution in [-0.2, 0) is 24.0 Å². The summed E-state index contributed by atoms with van der Waals surface area (Å²) < 4.78 is 0. The fraction of sp³-hybridized carbons (Fsp3) is 0.615. The Morgan fingerprint density at radius 3 is 1.88 bits per heavy atom. The SMILES string of the molecule is NCC(=O)NC(CO)C(=O)NC(CS)C(=O)NC(CCC(=O)O)C(=O)O. The molecule has 3 atom stereocenters. The molecule has 3 amide bonds. The van der Waals surface area contributed by atoms with Gasteiger partial charge < -0.3 is 37.0 Å². The van der Waals surface area contributed by atoms with Crippen molar-refractivity contribution in [1.29, 1.82) is 0 Å². The van der Waals surface area contributed by atoms with Crippen LogP contribution in [0.15, 0.2) is 0 Å². The number of aliphatic hydroxyl groups is 1. The van der Waals surface area contributed by atoms with Gasteiger partial charge in [0.15, 0.2) is 0 Å². The number of carboxylic acids is 2. The molecule has 26 heavy (non-hydrogen) atoms. The Kier molecular flexibility index (Phi) is 10.9. The summed E-state index contributed by atoms with van der Waals surface area (Å²) in [5.41, 5.74) is 5.08. The predicted octanol–water partition coefficient (Wildman–Crippen LogP) is -3.73. The van der Waals surface area contributed by atoms with Crippen molar-refractivity contribution in [2.24, 2.45) is 5.73 Å². The van der Waals surface area contributed by atoms with Crippen LogP contribution in [0.2, 0.25) is 0 Å². The van der Waals surface area contributed by atoms with Gasteiger partial charge in [-0.05, 0) is 6.42 Å². The molecule has 0 aliphatic heterocycles. The number of hydrogen-bond acceptors (Lipinski definition) is 8. The molecule has 12 nitrogen and oxygen atoms in total. The molecule has 0 saturated carbocycles. The molecule has 0 aliphatic carbocycles. The Morgan fingerprint density at radius 1 is 0.923 bits per heavy atom. The number of nitrogens with two attached hydrogens (primary N) is 1. The number of hydrogen-bond donors (Lipinski definition) is 8. The minimum atomic E-state index is -1.47. The topological polar surface area (TPSA) is 208 Å². The number of amides is 3. The maximum absolute atomic E-state index is 12.1. The van der Waals surface area contributed by atoms with E-state index in [-0.39, 0.29) is 12.2 Å². The number of aliphatic carboxylic acids is 2. The van der Waals surface area contributed by atoms with Crippen molar-refractivity contribution in [2.45, 2.75) is 31.0 Å². The molecular weight excluding hydrogens is 372 g/mol. The van der Waals surface area contributed by atoms with Crippen LogP contribution in [0.5, 0.6) is 0 Å². The van der Waals surface area contributed by atoms with Gasteiger partial charge >= 0.3 is 11.9 Å². The second kappa shape index (κ2) is 12.1. The van der Waals surface area contributed by atoms with Crippen molar-refractivity contribution in [3.63, 3.8) is 0 Å². The summed E-state index contributed by atoms with van der Waals surface area (Å²) >= 11 is 3.89. The van der Waals surface area contributed by atoms with Gasteiger partial charge in [0.25, 0.3) is 0 Å². The van der Waals surface area contributed by atoms with E-state index in [4.69, 9.17) is 21.1 Å². The van der Waals surface area contributed by atoms with Crippen molar-refractivity contribution in [2.75, 3.05) is 18.9 Å². The lowest BCUT2D eigenvalue weighted by molar-refractivity contribution is -0.143. The van der Waals surface area contributed by atoms with Gasteiger partial charge in [0.2, 0.25) is 17.7 Å². The van der Waals surface area contributed by atoms with Crippen molar-refractivity contribution in [3.8, 4) is 0 Å². The molecule has 0 spiro atoms. The smallest absolute Gasteiger partial charge is 0.326 e. The first-order valence-corrected chi connectivity index (χ1v) is 8.05. The van der Waals surface area contributed by atoms with Crippen molar-refractivity contribution in [3.05, 3.63) is 0 Å². The molecule has 0 aromatic rings. The summed E-state index contributed by atoms with van der Waals surface area (Å²) in [4.78, 5) is 56.9. The predicted molar refractivity (Wildman–Crippen MR) is 90.3 cm³/mol. The molecule has 0 radical (unpaired) electrons. The number of carboxylic acid groups (broad SMARTS) is 2. The molecule has 148 valence electrons. The molecule has 0 aromatic carbocycles. The maximum atomic E-state index is 12.1. The molecule has 0 aromatic heterocycles. The van der Waals surface area contributed by atoms with E-state index in [0.717, 1.165) is 0 Å². The van der Waals surface area contributed by atoms with E-state index in [2.05, 4.69) is 28.6 Å². The van der Waals surface area contributed by atoms with Crippen LogP contribution in [0.3, 0.4) is 0 Å². The van der Waals surface area contributed by atoms with Crippen LogP contribution in [-0.4, -0.2) is 82.0 Å². The largest absolute Gasteiger partial charge is 0.481 e. The van der Waals surface area contributed by atoms with Gasteiger partial charge in [0.1, 0.15) is 18.1 Å². The minimum absolute atomic E-state index is 0.216. The highest BCUT2D eigenvalue weighted by Gasteiger charge is 2.28. The van der Waals surface area contributed by atoms with E-state index < -0.39 is 67.4 Å². The highest BCUT2D eigenvalue weighted by Crippen LogP contribution is 2.00. The highest BCUT2D eigenvalue weighted by molar-refractivity contribution is 7.80. The molecule has 8 N–H and O–H groups in total. The third-order valence-electron chi connectivity index (χ3n) is 3.10. The van der Waals surface area contributed by atoms with Crippen molar-refractivity contribution < 1.29 is 39.3 Å². The van der Waals surface area contributed by atoms with Crippen LogP contribution in [0.1, 0.15) is 12.8 Å². The third-order valence-corrected chi connectivity index (χ3v) is 3.46. The van der Waals surface area contributed by atoms with Crippen molar-refractivity contribution >= 4 is 42.3 Å². The molecule has 0 bridgehead atoms. The highest BCUT2D eigenvalue weighted by atomic mass is 32.1. The van der Waals surface area contributed by atoms with Crippen LogP contribution < -0.4 is 21.7 Å². The Labute approximate surface area is 153 Å². The zero-order chi connectivity index (χ0) is 20.3. The van der Waals surface area contributed by atoms with E-state index in [1.807, 2.05) is 0 Å². The molecule has 0 fully saturated rings. The first-order chi connectivity index (χ1) is 12.2. The lowest BCUT2D eigenvalue weighted by atomic mass is 10.1. The second-order valence-corrected chi connectivity index (χ2v) is 5.45. The maximum Gasteiger partial charge on any atom is 0.326 e. The van der Waals surface area contributed by atoms with Gasteiger partial charge in [0, 0.05) is 12.2 Å². The van der Waals surface area contributed by atoms with Crippen LogP contribution in [0.4, 0.5) is 0 Å². The normalized spacial score (nSPS) is 13.8. The summed E-state index contributed by atoms with van der Waals surface area (Å²) in [7, 11) is 0. The standard InChI is InChI=1S/C13H22N4O8S/c14-3-9(19)15-7(4-18)11(22)17-8(5-26)12(23)16-6(13(24)25)1-2-10(20)21/h6-8,18,26H,1-5,14H2,(H,15,19)(H,16,23)(H,17,22)(H,20,21)(H,24,25). The van der Waals surface area contributed by atoms with Crippen LogP contribution >= 0.6 is 12.6 Å². The molecule has 0 saturated heterocycles. The first kappa shape index (κ1) is 23.6. The lowest BCUT2D eigenvalue weighted by Gasteiger charge is -2.22. The average Bonchev–Trinajstić information content (AvgIpc) is 2.59. The van der Waals surface area contributed by atoms with Gasteiger partial charge in [-0.15, -0.1) is 0 Å². The van der Waals surface area contributed by atoms with Gasteiger partial charge in [0.05, 0.1) is 13.2 Å². The van der Waals surface area contributed by atoms with E-state index in [1.165, 1.54) is 0 Å². The first-order valence-electron chi connectivity index (χ1n) is 7.42. The third kappa shape index (κ3) is 8.64. The Hall–Kier alpha value is -2.38. The zero-order valence-electron chi connectivity index (χ0n) is 13.7. The summed E-state index contributed by atoms with van der Waals surface area (Å²) in [5, 5.41) is 33.2. The number of thiol groups is 1. The van der Waals surface area contributed by atoms with Crippen molar-refractivity contribution in [1.82, 2.24) is 16.0 Å². The fourth-order valence-electron chi connectivity index (χ4n) is 1.71. The Morgan fingerprint density at radius 2 is 1.46 bits per heavy atom. The summed E-state index contributed by atoms with van der Waals surface area (Å²) in [6, 6.07) is -4.10. The van der Waals surface area contributed by atoms with E-state index >= 15 is 0 Å². The molecule has 13 heteroatoms. The van der Waals surface area contributed by atoms with Gasteiger partial charge in [-0.3, -0.25) is 19.2 Å². The number of carbonyl (C=O) groups excluding carboxylic acids is 3. The molecule has 0 rings (SSSR count). The summed E-state index contributed by atoms with van der Waals surface area (Å²) in [6.45, 7) is -1.17. The summed E-state index contributed by atoms with van der Waals surface area (Å²) in [5.74, 6) is -5.40. The van der Waals surface area contributed by atoms with Crippen LogP contribution in [0.25, 0.3) is 0 Å². The molecular formula is C13H22N4O8S. The Bertz CT molecular complexity index is 544. The second-order valence-electron chi connectivity index (χ2n) is 5.08. The molecule has 0 aliphatic rings. The molecule has 0 heterocycles. The van der Waals surface area contributed by atoms with Gasteiger partial charge in [-0.2, -0.15) is 12.6 Å². The fourth-order valence-corrected chi connectivity index (χ4v) is 1.97. The summed E-state index contributed by atoms with van der Waals surface area (Å²) in [6.07, 6.45) is -0.831. The van der Waals surface area contributed by atoms with E-state index in [1.54, 1.807) is 0 Å². The molecule has 3 unspecified atom stereocenters. The number of rotatable bonds is 12. The van der Waals surface area contributed by atoms with Gasteiger partial charge in [-0.1, -0.05) is 0 Å². The number of aliphatic hydroxyl groups excluding tert-OH is 1. The average molecular weight is 394 g/mol. The van der Waals surface area contributed by atoms with E-state index in [9.17, 15) is 24.0 Å². The minimum Gasteiger partial charge on any atom is -0.481 e. The van der Waals surface area contributed by atoms with Crippen LogP contribution in [0, 0.1) is 0 Å². The number of carbonyl (C=O) groups is 5. The van der Waals surface area contributed by atoms with Gasteiger partial charge in [-0.25, -0.2) is 4.79 Å². The quantitative estimate of drug-likeness (QED) is 0.153. The monoisotopic (exact) mass is 394 g/mol. The number of nitrogens with one attached hydrogen (secondary N) is 3.